The lowest BCUT2D eigenvalue weighted by molar-refractivity contribution is 0.0531. The monoisotopic (exact) mass is 357 g/mol. The van der Waals surface area contributed by atoms with E-state index in [1.165, 1.54) is 6.07 Å². The Morgan fingerprint density at radius 3 is 2.68 bits per heavy atom. The van der Waals surface area contributed by atoms with Crippen LogP contribution in [0, 0.1) is 6.92 Å². The fourth-order valence-electron chi connectivity index (χ4n) is 1.79. The van der Waals surface area contributed by atoms with Crippen molar-refractivity contribution in [3.8, 4) is 0 Å². The quantitative estimate of drug-likeness (QED) is 0.800. The number of halogens is 2. The van der Waals surface area contributed by atoms with Gasteiger partial charge in [0.25, 0.3) is 5.91 Å². The molecule has 0 unspecified atom stereocenters. The molecule has 116 valence electrons. The highest BCUT2D eigenvalue weighted by atomic mass is 35.5. The Morgan fingerprint density at radius 2 is 2.00 bits per heavy atom. The van der Waals surface area contributed by atoms with Gasteiger partial charge in [-0.3, -0.25) is 4.79 Å². The average molecular weight is 358 g/mol. The normalized spacial score (nSPS) is 10.4. The molecule has 1 amide bonds. The number of aryl methyl sites for hydroxylation is 1. The first-order valence-corrected chi connectivity index (χ1v) is 8.03. The average Bonchev–Trinajstić information content (AvgIpc) is 2.82. The van der Waals surface area contributed by atoms with Crippen LogP contribution in [0.25, 0.3) is 0 Å². The molecule has 1 aromatic carbocycles. The maximum absolute atomic E-state index is 12.2. The summed E-state index contributed by atoms with van der Waals surface area (Å²) in [7, 11) is 0. The van der Waals surface area contributed by atoms with E-state index in [-0.39, 0.29) is 11.5 Å². The van der Waals surface area contributed by atoms with Gasteiger partial charge in [0.2, 0.25) is 0 Å². The number of nitrogens with one attached hydrogen (secondary N) is 1. The van der Waals surface area contributed by atoms with Crippen LogP contribution in [0.1, 0.15) is 32.5 Å². The van der Waals surface area contributed by atoms with Gasteiger partial charge in [0.1, 0.15) is 4.88 Å². The molecule has 4 nitrogen and oxygen atoms in total. The Bertz CT molecular complexity index is 728. The molecule has 0 aliphatic heterocycles. The summed E-state index contributed by atoms with van der Waals surface area (Å²) < 4.78 is 4.97. The zero-order valence-electron chi connectivity index (χ0n) is 11.9. The number of esters is 1. The van der Waals surface area contributed by atoms with Gasteiger partial charge < -0.3 is 10.1 Å². The second kappa shape index (κ2) is 7.13. The van der Waals surface area contributed by atoms with Gasteiger partial charge in [-0.2, -0.15) is 0 Å². The number of carbonyl (C=O) groups excluding carboxylic acids is 2. The van der Waals surface area contributed by atoms with Crippen LogP contribution in [-0.2, 0) is 4.74 Å². The minimum Gasteiger partial charge on any atom is -0.462 e. The van der Waals surface area contributed by atoms with Crippen molar-refractivity contribution in [3.63, 3.8) is 0 Å². The van der Waals surface area contributed by atoms with Crippen molar-refractivity contribution in [2.24, 2.45) is 0 Å². The minimum absolute atomic E-state index is 0.276. The molecule has 0 radical (unpaired) electrons. The van der Waals surface area contributed by atoms with Gasteiger partial charge >= 0.3 is 5.97 Å². The van der Waals surface area contributed by atoms with Crippen molar-refractivity contribution in [2.45, 2.75) is 13.8 Å². The highest BCUT2D eigenvalue weighted by Gasteiger charge is 2.17. The Balaban J connectivity index is 2.20. The first kappa shape index (κ1) is 16.8. The van der Waals surface area contributed by atoms with Crippen LogP contribution < -0.4 is 5.32 Å². The molecule has 22 heavy (non-hydrogen) atoms. The number of hydrogen-bond donors (Lipinski definition) is 1. The lowest BCUT2D eigenvalue weighted by atomic mass is 10.2. The van der Waals surface area contributed by atoms with Gasteiger partial charge in [0.15, 0.2) is 0 Å². The molecule has 0 saturated heterocycles. The van der Waals surface area contributed by atoms with Gasteiger partial charge in [-0.05, 0) is 43.7 Å². The summed E-state index contributed by atoms with van der Waals surface area (Å²) in [5, 5.41) is 3.98. The van der Waals surface area contributed by atoms with Crippen LogP contribution in [0.5, 0.6) is 0 Å². The molecule has 0 atom stereocenters. The maximum atomic E-state index is 12.2. The Kier molecular flexibility index (Phi) is 5.45. The fourth-order valence-corrected chi connectivity index (χ4v) is 3.13. The minimum atomic E-state index is -0.397. The predicted molar refractivity (Wildman–Crippen MR) is 89.4 cm³/mol. The second-order valence-electron chi connectivity index (χ2n) is 4.42. The number of anilines is 1. The van der Waals surface area contributed by atoms with E-state index in [1.54, 1.807) is 32.0 Å². The summed E-state index contributed by atoms with van der Waals surface area (Å²) in [6, 6.07) is 6.37. The van der Waals surface area contributed by atoms with E-state index in [0.29, 0.717) is 26.5 Å². The van der Waals surface area contributed by atoms with Gasteiger partial charge in [-0.1, -0.05) is 23.2 Å². The summed E-state index contributed by atoms with van der Waals surface area (Å²) in [5.41, 5.74) is 1.02. The van der Waals surface area contributed by atoms with Crippen molar-refractivity contribution in [3.05, 3.63) is 50.3 Å². The topological polar surface area (TPSA) is 55.4 Å². The van der Waals surface area contributed by atoms with Crippen LogP contribution >= 0.6 is 34.5 Å². The van der Waals surface area contributed by atoms with Gasteiger partial charge in [-0.25, -0.2) is 4.79 Å². The molecule has 0 aliphatic carbocycles. The van der Waals surface area contributed by atoms with Crippen LogP contribution in [0.3, 0.4) is 0 Å². The second-order valence-corrected chi connectivity index (χ2v) is 6.32. The Morgan fingerprint density at radius 1 is 1.27 bits per heavy atom. The summed E-state index contributed by atoms with van der Waals surface area (Å²) in [5.74, 6) is -0.782. The number of carbonyl (C=O) groups is 2. The summed E-state index contributed by atoms with van der Waals surface area (Å²) in [6.45, 7) is 3.82. The number of rotatable bonds is 4. The first-order valence-electron chi connectivity index (χ1n) is 6.46. The molecule has 2 aromatic rings. The van der Waals surface area contributed by atoms with Crippen molar-refractivity contribution in [1.82, 2.24) is 0 Å². The number of thiophene rings is 1. The summed E-state index contributed by atoms with van der Waals surface area (Å²) in [4.78, 5) is 24.5. The predicted octanol–water partition coefficient (Wildman–Crippen LogP) is 4.79. The number of benzene rings is 1. The fraction of sp³-hybridized carbons (Fsp3) is 0.200. The van der Waals surface area contributed by atoms with E-state index in [1.807, 2.05) is 0 Å². The van der Waals surface area contributed by atoms with Crippen LogP contribution in [0.4, 0.5) is 5.00 Å². The molecular formula is C15H13Cl2NO3S. The lowest BCUT2D eigenvalue weighted by Gasteiger charge is -2.05. The van der Waals surface area contributed by atoms with Crippen LogP contribution in [0.15, 0.2) is 24.3 Å². The van der Waals surface area contributed by atoms with Crippen molar-refractivity contribution < 1.29 is 14.3 Å². The molecule has 0 spiro atoms. The molecule has 7 heteroatoms. The van der Waals surface area contributed by atoms with E-state index in [9.17, 15) is 9.59 Å². The Labute approximate surface area is 142 Å². The lowest BCUT2D eigenvalue weighted by Crippen LogP contribution is -2.11. The van der Waals surface area contributed by atoms with Gasteiger partial charge in [-0.15, -0.1) is 11.3 Å². The van der Waals surface area contributed by atoms with Crippen molar-refractivity contribution in [1.29, 1.82) is 0 Å². The molecule has 0 fully saturated rings. The van der Waals surface area contributed by atoms with E-state index in [0.717, 1.165) is 16.9 Å². The molecule has 0 saturated carbocycles. The third-order valence-electron chi connectivity index (χ3n) is 2.79. The number of hydrogen-bond acceptors (Lipinski definition) is 4. The summed E-state index contributed by atoms with van der Waals surface area (Å²) >= 11 is 13.0. The molecule has 1 aromatic heterocycles. The molecule has 1 N–H and O–H groups in total. The Hall–Kier alpha value is -1.56. The smallest absolute Gasteiger partial charge is 0.348 e. The molecule has 1 heterocycles. The van der Waals surface area contributed by atoms with Crippen molar-refractivity contribution >= 4 is 51.4 Å². The molecule has 0 bridgehead atoms. The van der Waals surface area contributed by atoms with E-state index >= 15 is 0 Å². The van der Waals surface area contributed by atoms with Crippen molar-refractivity contribution in [2.75, 3.05) is 11.9 Å². The first-order chi connectivity index (χ1) is 10.4. The standard InChI is InChI=1S/C15H13Cl2NO3S/c1-3-21-15(20)13-8(2)6-12(22-13)18-14(19)10-7-9(16)4-5-11(10)17/h4-7H,3H2,1-2H3,(H,18,19). The maximum Gasteiger partial charge on any atom is 0.348 e. The van der Waals surface area contributed by atoms with Gasteiger partial charge in [0, 0.05) is 5.02 Å². The van der Waals surface area contributed by atoms with Crippen LogP contribution in [-0.4, -0.2) is 18.5 Å². The zero-order chi connectivity index (χ0) is 16.3. The third-order valence-corrected chi connectivity index (χ3v) is 4.49. The van der Waals surface area contributed by atoms with Crippen LogP contribution in [0.2, 0.25) is 10.0 Å². The number of ether oxygens (including phenoxy) is 1. The van der Waals surface area contributed by atoms with Gasteiger partial charge in [0.05, 0.1) is 22.2 Å². The van der Waals surface area contributed by atoms with E-state index in [4.69, 9.17) is 27.9 Å². The molecule has 0 aliphatic rings. The highest BCUT2D eigenvalue weighted by Crippen LogP contribution is 2.29. The van der Waals surface area contributed by atoms with E-state index < -0.39 is 5.97 Å². The number of amides is 1. The zero-order valence-corrected chi connectivity index (χ0v) is 14.2. The van der Waals surface area contributed by atoms with E-state index in [2.05, 4.69) is 5.32 Å². The summed E-state index contributed by atoms with van der Waals surface area (Å²) in [6.07, 6.45) is 0. The largest absolute Gasteiger partial charge is 0.462 e. The third kappa shape index (κ3) is 3.80. The SMILES string of the molecule is CCOC(=O)c1sc(NC(=O)c2cc(Cl)ccc2Cl)cc1C. The highest BCUT2D eigenvalue weighted by molar-refractivity contribution is 7.18. The molecule has 2 rings (SSSR count). The molecular weight excluding hydrogens is 345 g/mol.